The van der Waals surface area contributed by atoms with E-state index in [-0.39, 0.29) is 6.04 Å². The van der Waals surface area contributed by atoms with Gasteiger partial charge in [0.1, 0.15) is 5.75 Å². The maximum Gasteiger partial charge on any atom is 0.307 e. The fraction of sp³-hybridized carbons (Fsp3) is 0.462. The van der Waals surface area contributed by atoms with Gasteiger partial charge in [-0.15, -0.1) is 0 Å². The highest BCUT2D eigenvalue weighted by Crippen LogP contribution is 2.36. The lowest BCUT2D eigenvalue weighted by molar-refractivity contribution is -0.141. The molecule has 1 aromatic rings. The maximum atomic E-state index is 12.8. The van der Waals surface area contributed by atoms with Crippen LogP contribution < -0.4 is 5.32 Å². The first-order chi connectivity index (χ1) is 8.90. The van der Waals surface area contributed by atoms with Crippen LogP contribution in [-0.4, -0.2) is 22.7 Å². The number of hydrogen-bond donors (Lipinski definition) is 3. The summed E-state index contributed by atoms with van der Waals surface area (Å²) in [4.78, 5) is 10.9. The van der Waals surface area contributed by atoms with Crippen molar-refractivity contribution in [2.75, 3.05) is 6.54 Å². The number of benzene rings is 1. The van der Waals surface area contributed by atoms with E-state index >= 15 is 0 Å². The zero-order valence-corrected chi connectivity index (χ0v) is 10.4. The standard InChI is InChI=1S/C13H15F2NO3/c1-6-2-7(3-9(11(6)17)12(14)15)10-4-8(5-16-10)13(18)19/h2-3,8,10,12,16-17H,4-5H2,1H3,(H,18,19). The van der Waals surface area contributed by atoms with Crippen molar-refractivity contribution in [3.8, 4) is 5.75 Å². The molecule has 0 aromatic heterocycles. The van der Waals surface area contributed by atoms with E-state index in [2.05, 4.69) is 5.32 Å². The van der Waals surface area contributed by atoms with Gasteiger partial charge in [-0.25, -0.2) is 8.78 Å². The van der Waals surface area contributed by atoms with Gasteiger partial charge in [-0.1, -0.05) is 6.07 Å². The molecular formula is C13H15F2NO3. The van der Waals surface area contributed by atoms with E-state index in [0.29, 0.717) is 24.1 Å². The Kier molecular flexibility index (Phi) is 3.71. The minimum atomic E-state index is -2.75. The van der Waals surface area contributed by atoms with Crippen molar-refractivity contribution in [1.29, 1.82) is 0 Å². The van der Waals surface area contributed by atoms with Crippen LogP contribution in [-0.2, 0) is 4.79 Å². The van der Waals surface area contributed by atoms with Crippen molar-refractivity contribution < 1.29 is 23.8 Å². The number of carboxylic acids is 1. The van der Waals surface area contributed by atoms with Gasteiger partial charge in [-0.2, -0.15) is 0 Å². The Morgan fingerprint density at radius 3 is 2.68 bits per heavy atom. The number of aryl methyl sites for hydroxylation is 1. The number of halogens is 2. The molecule has 1 fully saturated rings. The van der Waals surface area contributed by atoms with Crippen LogP contribution in [0.1, 0.15) is 35.6 Å². The quantitative estimate of drug-likeness (QED) is 0.789. The molecule has 0 radical (unpaired) electrons. The number of hydrogen-bond acceptors (Lipinski definition) is 3. The fourth-order valence-electron chi connectivity index (χ4n) is 2.38. The largest absolute Gasteiger partial charge is 0.507 e. The van der Waals surface area contributed by atoms with E-state index in [4.69, 9.17) is 5.11 Å². The second kappa shape index (κ2) is 5.13. The number of aromatic hydroxyl groups is 1. The van der Waals surface area contributed by atoms with Crippen LogP contribution in [0.2, 0.25) is 0 Å². The minimum Gasteiger partial charge on any atom is -0.507 e. The summed E-state index contributed by atoms with van der Waals surface area (Å²) in [6, 6.07) is 2.59. The Labute approximate surface area is 109 Å². The fourth-order valence-corrected chi connectivity index (χ4v) is 2.38. The van der Waals surface area contributed by atoms with Crippen molar-refractivity contribution >= 4 is 5.97 Å². The second-order valence-electron chi connectivity index (χ2n) is 4.81. The van der Waals surface area contributed by atoms with E-state index in [1.165, 1.54) is 6.07 Å². The average Bonchev–Trinajstić information content (AvgIpc) is 2.81. The van der Waals surface area contributed by atoms with Crippen molar-refractivity contribution in [1.82, 2.24) is 5.32 Å². The third-order valence-corrected chi connectivity index (χ3v) is 3.47. The van der Waals surface area contributed by atoms with Crippen LogP contribution in [0.4, 0.5) is 8.78 Å². The molecule has 0 saturated carbocycles. The number of rotatable bonds is 3. The average molecular weight is 271 g/mol. The van der Waals surface area contributed by atoms with Crippen LogP contribution in [0.25, 0.3) is 0 Å². The molecule has 0 spiro atoms. The minimum absolute atomic E-state index is 0.266. The van der Waals surface area contributed by atoms with Crippen molar-refractivity contribution in [3.63, 3.8) is 0 Å². The summed E-state index contributed by atoms with van der Waals surface area (Å²) in [7, 11) is 0. The number of aliphatic carboxylic acids is 1. The Hall–Kier alpha value is -1.69. The molecule has 2 rings (SSSR count). The first kappa shape index (κ1) is 13.7. The van der Waals surface area contributed by atoms with E-state index < -0.39 is 29.6 Å². The van der Waals surface area contributed by atoms with Gasteiger partial charge in [0, 0.05) is 12.6 Å². The van der Waals surface area contributed by atoms with Crippen molar-refractivity contribution in [2.45, 2.75) is 25.8 Å². The molecule has 0 bridgehead atoms. The lowest BCUT2D eigenvalue weighted by Gasteiger charge is -2.15. The van der Waals surface area contributed by atoms with Gasteiger partial charge >= 0.3 is 5.97 Å². The Morgan fingerprint density at radius 1 is 1.47 bits per heavy atom. The van der Waals surface area contributed by atoms with Crippen molar-refractivity contribution in [2.24, 2.45) is 5.92 Å². The van der Waals surface area contributed by atoms with E-state index in [1.807, 2.05) is 0 Å². The number of nitrogens with one attached hydrogen (secondary N) is 1. The molecule has 1 aromatic carbocycles. The zero-order valence-electron chi connectivity index (χ0n) is 10.4. The van der Waals surface area contributed by atoms with Crippen LogP contribution >= 0.6 is 0 Å². The topological polar surface area (TPSA) is 69.6 Å². The number of phenolic OH excluding ortho intramolecular Hbond substituents is 1. The molecule has 2 unspecified atom stereocenters. The smallest absolute Gasteiger partial charge is 0.307 e. The van der Waals surface area contributed by atoms with Gasteiger partial charge in [0.25, 0.3) is 6.43 Å². The Bertz CT molecular complexity index is 505. The molecule has 1 aliphatic rings. The first-order valence-electron chi connectivity index (χ1n) is 5.98. The molecule has 1 saturated heterocycles. The molecule has 2 atom stereocenters. The van der Waals surface area contributed by atoms with Gasteiger partial charge in [0.15, 0.2) is 0 Å². The summed E-state index contributed by atoms with van der Waals surface area (Å²) in [5.74, 6) is -1.79. The number of phenols is 1. The molecule has 0 amide bonds. The normalized spacial score (nSPS) is 22.9. The predicted molar refractivity (Wildman–Crippen MR) is 64.3 cm³/mol. The Balaban J connectivity index is 2.29. The molecule has 6 heteroatoms. The van der Waals surface area contributed by atoms with E-state index in [9.17, 15) is 18.7 Å². The maximum absolute atomic E-state index is 12.8. The Morgan fingerprint density at radius 2 is 2.16 bits per heavy atom. The molecule has 0 aliphatic carbocycles. The van der Waals surface area contributed by atoms with E-state index in [0.717, 1.165) is 0 Å². The van der Waals surface area contributed by atoms with Crippen molar-refractivity contribution in [3.05, 3.63) is 28.8 Å². The lowest BCUT2D eigenvalue weighted by atomic mass is 9.96. The van der Waals surface area contributed by atoms with Crippen LogP contribution in [0, 0.1) is 12.8 Å². The first-order valence-corrected chi connectivity index (χ1v) is 5.98. The highest BCUT2D eigenvalue weighted by atomic mass is 19.3. The monoisotopic (exact) mass is 271 g/mol. The number of alkyl halides is 2. The highest BCUT2D eigenvalue weighted by molar-refractivity contribution is 5.70. The van der Waals surface area contributed by atoms with Gasteiger partial charge in [-0.3, -0.25) is 4.79 Å². The number of carbonyl (C=O) groups is 1. The molecular weight excluding hydrogens is 256 g/mol. The molecule has 1 heterocycles. The van der Waals surface area contributed by atoms with Gasteiger partial charge in [0.05, 0.1) is 11.5 Å². The van der Waals surface area contributed by atoms with Gasteiger partial charge in [-0.05, 0) is 30.5 Å². The number of carboxylic acid groups (broad SMARTS) is 1. The zero-order chi connectivity index (χ0) is 14.2. The van der Waals surface area contributed by atoms with E-state index in [1.54, 1.807) is 13.0 Å². The predicted octanol–water partition coefficient (Wildman–Crippen LogP) is 2.37. The second-order valence-corrected chi connectivity index (χ2v) is 4.81. The summed E-state index contributed by atoms with van der Waals surface area (Å²) in [6.07, 6.45) is -2.39. The summed E-state index contributed by atoms with van der Waals surface area (Å²) in [5.41, 5.74) is 0.554. The molecule has 3 N–H and O–H groups in total. The van der Waals surface area contributed by atoms with Gasteiger partial charge in [0.2, 0.25) is 0 Å². The van der Waals surface area contributed by atoms with Crippen LogP contribution in [0.15, 0.2) is 12.1 Å². The molecule has 104 valence electrons. The lowest BCUT2D eigenvalue weighted by Crippen LogP contribution is -2.17. The summed E-state index contributed by atoms with van der Waals surface area (Å²) >= 11 is 0. The summed E-state index contributed by atoms with van der Waals surface area (Å²) in [5, 5.41) is 21.5. The summed E-state index contributed by atoms with van der Waals surface area (Å²) < 4.78 is 25.6. The molecule has 19 heavy (non-hydrogen) atoms. The SMILES string of the molecule is Cc1cc(C2CC(C(=O)O)CN2)cc(C(F)F)c1O. The third kappa shape index (κ3) is 2.68. The third-order valence-electron chi connectivity index (χ3n) is 3.47. The molecule has 4 nitrogen and oxygen atoms in total. The van der Waals surface area contributed by atoms with Crippen LogP contribution in [0.5, 0.6) is 5.75 Å². The van der Waals surface area contributed by atoms with Crippen LogP contribution in [0.3, 0.4) is 0 Å². The summed E-state index contributed by atoms with van der Waals surface area (Å²) in [6.45, 7) is 1.87. The highest BCUT2D eigenvalue weighted by Gasteiger charge is 2.31. The van der Waals surface area contributed by atoms with Gasteiger partial charge < -0.3 is 15.5 Å². The molecule has 1 aliphatic heterocycles.